The third-order valence-corrected chi connectivity index (χ3v) is 3.59. The van der Waals surface area contributed by atoms with Crippen LogP contribution in [0.4, 0.5) is 0 Å². The van der Waals surface area contributed by atoms with E-state index in [9.17, 15) is 8.42 Å². The Hall–Kier alpha value is -0.420. The van der Waals surface area contributed by atoms with Crippen molar-refractivity contribution in [2.24, 2.45) is 0 Å². The molecule has 1 aromatic rings. The van der Waals surface area contributed by atoms with Gasteiger partial charge in [-0.1, -0.05) is 0 Å². The minimum absolute atomic E-state index is 0.199. The molecule has 0 amide bonds. The van der Waals surface area contributed by atoms with Crippen LogP contribution < -0.4 is 0 Å². The Morgan fingerprint density at radius 1 is 1.60 bits per heavy atom. The predicted molar refractivity (Wildman–Crippen MR) is 40.0 cm³/mol. The molecule has 10 heavy (non-hydrogen) atoms. The summed E-state index contributed by atoms with van der Waals surface area (Å²) in [6, 6.07) is 0. The van der Waals surface area contributed by atoms with Crippen molar-refractivity contribution in [3.8, 4) is 0 Å². The Morgan fingerprint density at radius 2 is 2.20 bits per heavy atom. The number of hydrogen-bond donors (Lipinski definition) is 0. The highest BCUT2D eigenvalue weighted by Gasteiger charge is 2.09. The maximum absolute atomic E-state index is 10.8. The number of nitrogens with zero attached hydrogens (tertiary/aromatic N) is 1. The molecule has 1 heterocycles. The van der Waals surface area contributed by atoms with Crippen molar-refractivity contribution in [2.75, 3.05) is 6.26 Å². The van der Waals surface area contributed by atoms with Crippen LogP contribution in [0.15, 0.2) is 9.72 Å². The summed E-state index contributed by atoms with van der Waals surface area (Å²) in [5.74, 6) is 0. The fraction of sp³-hybridized carbons (Fsp3) is 0.400. The van der Waals surface area contributed by atoms with Crippen molar-refractivity contribution in [3.63, 3.8) is 0 Å². The molecule has 0 unspecified atom stereocenters. The van der Waals surface area contributed by atoms with Crippen LogP contribution in [0, 0.1) is 6.92 Å². The average molecular weight is 177 g/mol. The first kappa shape index (κ1) is 7.68. The zero-order valence-electron chi connectivity index (χ0n) is 5.66. The van der Waals surface area contributed by atoms with E-state index in [1.165, 1.54) is 0 Å². The lowest BCUT2D eigenvalue weighted by atomic mass is 10.6. The van der Waals surface area contributed by atoms with Crippen LogP contribution in [0.1, 0.15) is 5.69 Å². The molecule has 5 heteroatoms. The lowest BCUT2D eigenvalue weighted by Crippen LogP contribution is -1.95. The van der Waals surface area contributed by atoms with Crippen LogP contribution in [0.3, 0.4) is 0 Å². The first-order valence-corrected chi connectivity index (χ1v) is 5.39. The van der Waals surface area contributed by atoms with E-state index in [1.807, 2.05) is 0 Å². The number of rotatable bonds is 1. The van der Waals surface area contributed by atoms with E-state index >= 15 is 0 Å². The summed E-state index contributed by atoms with van der Waals surface area (Å²) in [7, 11) is -3.07. The van der Waals surface area contributed by atoms with Gasteiger partial charge in [-0.2, -0.15) is 0 Å². The lowest BCUT2D eigenvalue weighted by Gasteiger charge is -1.85. The van der Waals surface area contributed by atoms with Gasteiger partial charge in [0.15, 0.2) is 0 Å². The minimum Gasteiger partial charge on any atom is -0.231 e. The molecule has 1 rings (SSSR count). The Bertz CT molecular complexity index is 325. The van der Waals surface area contributed by atoms with E-state index in [-0.39, 0.29) is 4.34 Å². The van der Waals surface area contributed by atoms with Gasteiger partial charge in [0.1, 0.15) is 0 Å². The summed E-state index contributed by atoms with van der Waals surface area (Å²) in [6.45, 7) is 1.77. The second-order valence-corrected chi connectivity index (χ2v) is 5.07. The molecule has 0 aliphatic rings. The molecule has 56 valence electrons. The predicted octanol–water partition coefficient (Wildman–Crippen LogP) is 0.855. The smallest absolute Gasteiger partial charge is 0.209 e. The summed E-state index contributed by atoms with van der Waals surface area (Å²) in [5.41, 5.74) is 0.755. The highest BCUT2D eigenvalue weighted by atomic mass is 32.2. The standard InChI is InChI=1S/C5H7NO2S2/c1-4-3-9-5(6-4)10(2,7)8/h3H,1-2H3. The van der Waals surface area contributed by atoms with E-state index in [4.69, 9.17) is 0 Å². The van der Waals surface area contributed by atoms with E-state index in [0.717, 1.165) is 23.3 Å². The first-order valence-electron chi connectivity index (χ1n) is 2.62. The number of aryl methyl sites for hydroxylation is 1. The molecule has 0 fully saturated rings. The second kappa shape index (κ2) is 2.32. The highest BCUT2D eigenvalue weighted by molar-refractivity contribution is 7.92. The van der Waals surface area contributed by atoms with E-state index in [1.54, 1.807) is 12.3 Å². The van der Waals surface area contributed by atoms with Crippen LogP contribution in [0.5, 0.6) is 0 Å². The zero-order valence-corrected chi connectivity index (χ0v) is 7.29. The Balaban J connectivity index is 3.21. The van der Waals surface area contributed by atoms with Crippen LogP contribution in [-0.2, 0) is 9.84 Å². The number of sulfone groups is 1. The molecular weight excluding hydrogens is 170 g/mol. The molecule has 0 saturated heterocycles. The molecule has 0 spiro atoms. The zero-order chi connectivity index (χ0) is 7.78. The van der Waals surface area contributed by atoms with Gasteiger partial charge in [0.2, 0.25) is 14.2 Å². The van der Waals surface area contributed by atoms with Crippen molar-refractivity contribution >= 4 is 21.2 Å². The Labute approximate surface area is 63.6 Å². The van der Waals surface area contributed by atoms with Gasteiger partial charge in [0.25, 0.3) is 0 Å². The van der Waals surface area contributed by atoms with Gasteiger partial charge in [-0.3, -0.25) is 0 Å². The molecule has 0 radical (unpaired) electrons. The Morgan fingerprint density at radius 3 is 2.40 bits per heavy atom. The first-order chi connectivity index (χ1) is 4.50. The van der Waals surface area contributed by atoms with E-state index in [2.05, 4.69) is 4.98 Å². The highest BCUT2D eigenvalue weighted by Crippen LogP contribution is 2.13. The molecule has 0 N–H and O–H groups in total. The summed E-state index contributed by atoms with van der Waals surface area (Å²) < 4.78 is 21.8. The van der Waals surface area contributed by atoms with Crippen molar-refractivity contribution in [3.05, 3.63) is 11.1 Å². The minimum atomic E-state index is -3.07. The van der Waals surface area contributed by atoms with Gasteiger partial charge in [-0.05, 0) is 6.92 Å². The van der Waals surface area contributed by atoms with Crippen molar-refractivity contribution < 1.29 is 8.42 Å². The van der Waals surface area contributed by atoms with Gasteiger partial charge in [0.05, 0.1) is 0 Å². The SMILES string of the molecule is Cc1csc(S(C)(=O)=O)n1. The molecular formula is C5H7NO2S2. The van der Waals surface area contributed by atoms with Crippen LogP contribution >= 0.6 is 11.3 Å². The topological polar surface area (TPSA) is 47.0 Å². The van der Waals surface area contributed by atoms with Crippen molar-refractivity contribution in [1.82, 2.24) is 4.98 Å². The number of hydrogen-bond acceptors (Lipinski definition) is 4. The quantitative estimate of drug-likeness (QED) is 0.639. The number of thiazole rings is 1. The van der Waals surface area contributed by atoms with Crippen molar-refractivity contribution in [1.29, 1.82) is 0 Å². The van der Waals surface area contributed by atoms with Gasteiger partial charge >= 0.3 is 0 Å². The maximum Gasteiger partial charge on any atom is 0.209 e. The number of aromatic nitrogens is 1. The van der Waals surface area contributed by atoms with E-state index in [0.29, 0.717) is 0 Å². The van der Waals surface area contributed by atoms with Gasteiger partial charge in [-0.15, -0.1) is 11.3 Å². The molecule has 0 bridgehead atoms. The molecule has 0 aromatic carbocycles. The molecule has 0 aliphatic heterocycles. The largest absolute Gasteiger partial charge is 0.231 e. The summed E-state index contributed by atoms with van der Waals surface area (Å²) in [4.78, 5) is 3.81. The van der Waals surface area contributed by atoms with Gasteiger partial charge < -0.3 is 0 Å². The van der Waals surface area contributed by atoms with Crippen molar-refractivity contribution in [2.45, 2.75) is 11.3 Å². The molecule has 1 aromatic heterocycles. The van der Waals surface area contributed by atoms with Crippen LogP contribution in [0.25, 0.3) is 0 Å². The summed E-state index contributed by atoms with van der Waals surface area (Å²) in [5, 5.41) is 1.72. The monoisotopic (exact) mass is 177 g/mol. The lowest BCUT2D eigenvalue weighted by molar-refractivity contribution is 0.601. The normalized spacial score (nSPS) is 11.8. The second-order valence-electron chi connectivity index (χ2n) is 2.03. The van der Waals surface area contributed by atoms with Gasteiger partial charge in [-0.25, -0.2) is 13.4 Å². The third kappa shape index (κ3) is 1.54. The molecule has 3 nitrogen and oxygen atoms in total. The van der Waals surface area contributed by atoms with Crippen LogP contribution in [0.2, 0.25) is 0 Å². The summed E-state index contributed by atoms with van der Waals surface area (Å²) in [6.07, 6.45) is 1.16. The van der Waals surface area contributed by atoms with E-state index < -0.39 is 9.84 Å². The Kier molecular flexibility index (Phi) is 1.78. The van der Waals surface area contributed by atoms with Crippen LogP contribution in [-0.4, -0.2) is 19.7 Å². The van der Waals surface area contributed by atoms with Gasteiger partial charge in [0, 0.05) is 17.3 Å². The molecule has 0 aliphatic carbocycles. The third-order valence-electron chi connectivity index (χ3n) is 0.915. The fourth-order valence-electron chi connectivity index (χ4n) is 0.503. The fourth-order valence-corrected chi connectivity index (χ4v) is 2.18. The molecule has 0 saturated carbocycles. The maximum atomic E-state index is 10.8. The molecule has 0 atom stereocenters. The average Bonchev–Trinajstić information content (AvgIpc) is 2.11. The summed E-state index contributed by atoms with van der Waals surface area (Å²) >= 11 is 1.16.